The van der Waals surface area contributed by atoms with E-state index in [1.807, 2.05) is 4.57 Å². The van der Waals surface area contributed by atoms with Crippen LogP contribution < -0.4 is 0 Å². The number of hydrogen-bond donors (Lipinski definition) is 1. The van der Waals surface area contributed by atoms with Gasteiger partial charge in [-0.1, -0.05) is 44.4 Å². The van der Waals surface area contributed by atoms with Crippen molar-refractivity contribution < 1.29 is 9.90 Å². The molecule has 1 heterocycles. The first-order valence-corrected chi connectivity index (χ1v) is 7.37. The van der Waals surface area contributed by atoms with Crippen molar-refractivity contribution >= 4 is 17.7 Å². The smallest absolute Gasteiger partial charge is 0.313 e. The van der Waals surface area contributed by atoms with Gasteiger partial charge in [0.25, 0.3) is 0 Å². The number of aromatic nitrogens is 3. The molecule has 0 radical (unpaired) electrons. The van der Waals surface area contributed by atoms with Crippen molar-refractivity contribution in [2.45, 2.75) is 57.1 Å². The Balaban J connectivity index is 2.44. The highest BCUT2D eigenvalue weighted by Crippen LogP contribution is 2.22. The lowest BCUT2D eigenvalue weighted by molar-refractivity contribution is -0.133. The van der Waals surface area contributed by atoms with E-state index >= 15 is 0 Å². The molecule has 1 unspecified atom stereocenters. The number of unbranched alkanes of at least 4 members (excludes halogenated alkanes) is 3. The predicted octanol–water partition coefficient (Wildman–Crippen LogP) is 2.99. The fourth-order valence-corrected chi connectivity index (χ4v) is 2.50. The van der Waals surface area contributed by atoms with Crippen molar-refractivity contribution in [3.05, 3.63) is 6.33 Å². The average molecular weight is 271 g/mol. The highest BCUT2D eigenvalue weighted by Gasteiger charge is 2.12. The van der Waals surface area contributed by atoms with E-state index in [1.165, 1.54) is 37.4 Å². The summed E-state index contributed by atoms with van der Waals surface area (Å²) in [5, 5.41) is 17.2. The minimum absolute atomic E-state index is 0.0290. The molecule has 1 aromatic rings. The Morgan fingerprint density at radius 3 is 2.94 bits per heavy atom. The maximum Gasteiger partial charge on any atom is 0.313 e. The second-order valence-corrected chi connectivity index (χ2v) is 5.34. The molecule has 0 spiro atoms. The first kappa shape index (κ1) is 15.0. The molecular formula is C12H21N3O2S. The van der Waals surface area contributed by atoms with E-state index in [1.54, 1.807) is 6.33 Å². The summed E-state index contributed by atoms with van der Waals surface area (Å²) in [5.41, 5.74) is 0. The van der Waals surface area contributed by atoms with Gasteiger partial charge >= 0.3 is 5.97 Å². The molecule has 18 heavy (non-hydrogen) atoms. The van der Waals surface area contributed by atoms with Crippen molar-refractivity contribution in [1.29, 1.82) is 0 Å². The number of carboxylic acid groups (broad SMARTS) is 1. The molecule has 102 valence electrons. The maximum absolute atomic E-state index is 10.5. The second-order valence-electron chi connectivity index (χ2n) is 4.40. The maximum atomic E-state index is 10.5. The molecule has 0 aliphatic carbocycles. The molecule has 1 rings (SSSR count). The summed E-state index contributed by atoms with van der Waals surface area (Å²) in [7, 11) is 0. The molecule has 0 aromatic carbocycles. The molecule has 0 aliphatic heterocycles. The van der Waals surface area contributed by atoms with Crippen LogP contribution in [0.15, 0.2) is 11.5 Å². The van der Waals surface area contributed by atoms with Gasteiger partial charge in [-0.2, -0.15) is 0 Å². The lowest BCUT2D eigenvalue weighted by Gasteiger charge is -2.14. The van der Waals surface area contributed by atoms with Crippen LogP contribution in [0.2, 0.25) is 0 Å². The topological polar surface area (TPSA) is 68.0 Å². The number of nitrogens with zero attached hydrogens (tertiary/aromatic N) is 3. The average Bonchev–Trinajstić information content (AvgIpc) is 2.80. The number of carboxylic acids is 1. The highest BCUT2D eigenvalue weighted by atomic mass is 32.2. The Hall–Kier alpha value is -1.04. The Kier molecular flexibility index (Phi) is 6.78. The molecule has 0 aliphatic rings. The highest BCUT2D eigenvalue weighted by molar-refractivity contribution is 7.99. The van der Waals surface area contributed by atoms with E-state index in [0.717, 1.165) is 6.42 Å². The van der Waals surface area contributed by atoms with Gasteiger partial charge in [0.15, 0.2) is 5.16 Å². The van der Waals surface area contributed by atoms with Crippen LogP contribution in [0, 0.1) is 0 Å². The van der Waals surface area contributed by atoms with Gasteiger partial charge in [0.05, 0.1) is 5.75 Å². The molecule has 0 saturated heterocycles. The molecule has 0 amide bonds. The normalized spacial score (nSPS) is 12.6. The van der Waals surface area contributed by atoms with E-state index in [-0.39, 0.29) is 5.75 Å². The third-order valence-electron chi connectivity index (χ3n) is 2.82. The third kappa shape index (κ3) is 5.08. The summed E-state index contributed by atoms with van der Waals surface area (Å²) in [6, 6.07) is 0.327. The zero-order chi connectivity index (χ0) is 13.4. The standard InChI is InChI=1S/C12H21N3O2S/c1-3-4-5-6-7-10(2)15-9-13-14-12(15)18-8-11(16)17/h9-10H,3-8H2,1-2H3,(H,16,17). The van der Waals surface area contributed by atoms with Crippen molar-refractivity contribution in [3.63, 3.8) is 0 Å². The molecular weight excluding hydrogens is 250 g/mol. The first-order valence-electron chi connectivity index (χ1n) is 6.39. The van der Waals surface area contributed by atoms with Crippen LogP contribution >= 0.6 is 11.8 Å². The summed E-state index contributed by atoms with van der Waals surface area (Å²) in [5.74, 6) is -0.800. The summed E-state index contributed by atoms with van der Waals surface area (Å²) in [6.45, 7) is 4.32. The Morgan fingerprint density at radius 1 is 1.50 bits per heavy atom. The Morgan fingerprint density at radius 2 is 2.28 bits per heavy atom. The number of rotatable bonds is 9. The molecule has 1 atom stereocenters. The Bertz CT molecular complexity index is 368. The lowest BCUT2D eigenvalue weighted by Crippen LogP contribution is -2.07. The van der Waals surface area contributed by atoms with Gasteiger partial charge in [0, 0.05) is 6.04 Å². The van der Waals surface area contributed by atoms with Gasteiger partial charge in [0.1, 0.15) is 6.33 Å². The summed E-state index contributed by atoms with van der Waals surface area (Å²) < 4.78 is 1.97. The Labute approximate surface area is 112 Å². The molecule has 6 heteroatoms. The third-order valence-corrected chi connectivity index (χ3v) is 3.76. The van der Waals surface area contributed by atoms with E-state index in [2.05, 4.69) is 24.0 Å². The van der Waals surface area contributed by atoms with Gasteiger partial charge < -0.3 is 9.67 Å². The van der Waals surface area contributed by atoms with Crippen molar-refractivity contribution in [3.8, 4) is 0 Å². The van der Waals surface area contributed by atoms with E-state index < -0.39 is 5.97 Å². The van der Waals surface area contributed by atoms with Crippen molar-refractivity contribution in [2.75, 3.05) is 5.75 Å². The number of carbonyl (C=O) groups is 1. The zero-order valence-electron chi connectivity index (χ0n) is 11.0. The quantitative estimate of drug-likeness (QED) is 0.552. The number of aliphatic carboxylic acids is 1. The molecule has 0 fully saturated rings. The molecule has 1 N–H and O–H groups in total. The fraction of sp³-hybridized carbons (Fsp3) is 0.750. The van der Waals surface area contributed by atoms with Crippen LogP contribution in [0.3, 0.4) is 0 Å². The van der Waals surface area contributed by atoms with Gasteiger partial charge in [0.2, 0.25) is 0 Å². The van der Waals surface area contributed by atoms with E-state index in [4.69, 9.17) is 5.11 Å². The second kappa shape index (κ2) is 8.13. The van der Waals surface area contributed by atoms with Crippen LogP contribution in [-0.4, -0.2) is 31.6 Å². The number of hydrogen-bond acceptors (Lipinski definition) is 4. The fourth-order valence-electron chi connectivity index (χ4n) is 1.77. The van der Waals surface area contributed by atoms with Crippen LogP contribution in [0.25, 0.3) is 0 Å². The van der Waals surface area contributed by atoms with E-state index in [9.17, 15) is 4.79 Å². The predicted molar refractivity (Wildman–Crippen MR) is 71.9 cm³/mol. The summed E-state index contributed by atoms with van der Waals surface area (Å²) in [4.78, 5) is 10.5. The summed E-state index contributed by atoms with van der Waals surface area (Å²) >= 11 is 1.22. The monoisotopic (exact) mass is 271 g/mol. The molecule has 0 bridgehead atoms. The summed E-state index contributed by atoms with van der Waals surface area (Å²) in [6.07, 6.45) is 7.72. The lowest BCUT2D eigenvalue weighted by atomic mass is 10.1. The molecule has 1 aromatic heterocycles. The molecule has 5 nitrogen and oxygen atoms in total. The zero-order valence-corrected chi connectivity index (χ0v) is 11.8. The largest absolute Gasteiger partial charge is 0.481 e. The van der Waals surface area contributed by atoms with Gasteiger partial charge in [-0.15, -0.1) is 10.2 Å². The molecule has 0 saturated carbocycles. The van der Waals surface area contributed by atoms with Crippen molar-refractivity contribution in [1.82, 2.24) is 14.8 Å². The number of thioether (sulfide) groups is 1. The van der Waals surface area contributed by atoms with Crippen LogP contribution in [-0.2, 0) is 4.79 Å². The minimum atomic E-state index is -0.829. The minimum Gasteiger partial charge on any atom is -0.481 e. The van der Waals surface area contributed by atoms with Crippen LogP contribution in [0.1, 0.15) is 52.0 Å². The van der Waals surface area contributed by atoms with E-state index in [0.29, 0.717) is 11.2 Å². The van der Waals surface area contributed by atoms with Crippen molar-refractivity contribution in [2.24, 2.45) is 0 Å². The SMILES string of the molecule is CCCCCCC(C)n1cnnc1SCC(=O)O. The van der Waals surface area contributed by atoms with Crippen LogP contribution in [0.5, 0.6) is 0 Å². The van der Waals surface area contributed by atoms with Gasteiger partial charge in [-0.3, -0.25) is 4.79 Å². The van der Waals surface area contributed by atoms with Gasteiger partial charge in [-0.25, -0.2) is 0 Å². The van der Waals surface area contributed by atoms with Gasteiger partial charge in [-0.05, 0) is 13.3 Å². The van der Waals surface area contributed by atoms with Crippen LogP contribution in [0.4, 0.5) is 0 Å². The first-order chi connectivity index (χ1) is 8.65.